The number of halogens is 2. The lowest BCUT2D eigenvalue weighted by molar-refractivity contribution is 0.240. The molecule has 1 aliphatic rings. The van der Waals surface area contributed by atoms with Gasteiger partial charge in [0.05, 0.1) is 15.6 Å². The molecule has 1 fully saturated rings. The van der Waals surface area contributed by atoms with Crippen LogP contribution in [0.2, 0.25) is 0 Å². The minimum atomic E-state index is 0.609. The second-order valence-electron chi connectivity index (χ2n) is 5.18. The predicted octanol–water partition coefficient (Wildman–Crippen LogP) is 4.89. The van der Waals surface area contributed by atoms with Gasteiger partial charge in [-0.15, -0.1) is 0 Å². The Morgan fingerprint density at radius 2 is 1.95 bits per heavy atom. The molecule has 1 saturated carbocycles. The van der Waals surface area contributed by atoms with Crippen molar-refractivity contribution in [1.82, 2.24) is 5.32 Å². The normalized spacial score (nSPS) is 17.1. The van der Waals surface area contributed by atoms with Crippen molar-refractivity contribution in [1.29, 1.82) is 0 Å². The minimum absolute atomic E-state index is 0.609. The van der Waals surface area contributed by atoms with E-state index in [1.54, 1.807) is 0 Å². The molecule has 1 aliphatic carbocycles. The van der Waals surface area contributed by atoms with E-state index in [2.05, 4.69) is 56.2 Å². The van der Waals surface area contributed by atoms with Crippen LogP contribution < -0.4 is 10.1 Å². The number of benzene rings is 1. The summed E-state index contributed by atoms with van der Waals surface area (Å²) in [4.78, 5) is 0. The molecule has 0 heterocycles. The fourth-order valence-electron chi connectivity index (χ4n) is 2.38. The highest BCUT2D eigenvalue weighted by Crippen LogP contribution is 2.35. The maximum atomic E-state index is 5.60. The van der Waals surface area contributed by atoms with E-state index in [-0.39, 0.29) is 0 Å². The molecule has 0 radical (unpaired) electrons. The van der Waals surface area contributed by atoms with E-state index in [1.807, 2.05) is 6.92 Å². The molecule has 1 N–H and O–H groups in total. The highest BCUT2D eigenvalue weighted by molar-refractivity contribution is 9.11. The molecule has 4 heteroatoms. The quantitative estimate of drug-likeness (QED) is 0.746. The first-order valence-corrected chi connectivity index (χ1v) is 8.54. The van der Waals surface area contributed by atoms with E-state index in [4.69, 9.17) is 4.74 Å². The van der Waals surface area contributed by atoms with E-state index in [1.165, 1.54) is 24.8 Å². The van der Waals surface area contributed by atoms with E-state index in [9.17, 15) is 0 Å². The summed E-state index contributed by atoms with van der Waals surface area (Å²) in [7, 11) is 0. The average molecular weight is 391 g/mol. The summed E-state index contributed by atoms with van der Waals surface area (Å²) >= 11 is 7.15. The Kier molecular flexibility index (Phi) is 5.72. The Labute approximate surface area is 132 Å². The first-order valence-electron chi connectivity index (χ1n) is 6.96. The zero-order valence-corrected chi connectivity index (χ0v) is 14.7. The van der Waals surface area contributed by atoms with Crippen LogP contribution in [0.3, 0.4) is 0 Å². The van der Waals surface area contributed by atoms with Crippen molar-refractivity contribution in [3.63, 3.8) is 0 Å². The van der Waals surface area contributed by atoms with Gasteiger partial charge in [-0.2, -0.15) is 0 Å². The molecule has 19 heavy (non-hydrogen) atoms. The average Bonchev–Trinajstić information content (AvgIpc) is 2.29. The van der Waals surface area contributed by atoms with Crippen molar-refractivity contribution in [3.8, 4) is 5.75 Å². The fraction of sp³-hybridized carbons (Fsp3) is 0.600. The highest BCUT2D eigenvalue weighted by Gasteiger charge is 2.23. The van der Waals surface area contributed by atoms with Crippen molar-refractivity contribution in [2.24, 2.45) is 5.92 Å². The molecule has 0 saturated heterocycles. The Hall–Kier alpha value is -0.0600. The van der Waals surface area contributed by atoms with Crippen LogP contribution in [0.4, 0.5) is 0 Å². The first kappa shape index (κ1) is 15.3. The molecule has 106 valence electrons. The molecule has 1 aromatic rings. The van der Waals surface area contributed by atoms with Crippen molar-refractivity contribution in [3.05, 3.63) is 26.6 Å². The van der Waals surface area contributed by atoms with E-state index >= 15 is 0 Å². The molecular formula is C15H21Br2NO. The molecule has 0 bridgehead atoms. The third-order valence-electron chi connectivity index (χ3n) is 3.83. The van der Waals surface area contributed by atoms with Gasteiger partial charge in [-0.05, 0) is 82.2 Å². The molecule has 1 aromatic carbocycles. The minimum Gasteiger partial charge on any atom is -0.492 e. The SMILES string of the molecule is CCOc1c(Br)cc(CNC(C)C2CCC2)cc1Br. The van der Waals surface area contributed by atoms with Gasteiger partial charge in [0.2, 0.25) is 0 Å². The molecule has 0 aliphatic heterocycles. The van der Waals surface area contributed by atoms with Gasteiger partial charge in [0.25, 0.3) is 0 Å². The van der Waals surface area contributed by atoms with E-state index in [0.29, 0.717) is 12.6 Å². The Balaban J connectivity index is 1.96. The third kappa shape index (κ3) is 3.96. The third-order valence-corrected chi connectivity index (χ3v) is 5.01. The molecular weight excluding hydrogens is 370 g/mol. The van der Waals surface area contributed by atoms with Crippen molar-refractivity contribution in [2.45, 2.75) is 45.7 Å². The van der Waals surface area contributed by atoms with Gasteiger partial charge in [-0.3, -0.25) is 0 Å². The van der Waals surface area contributed by atoms with Gasteiger partial charge < -0.3 is 10.1 Å². The summed E-state index contributed by atoms with van der Waals surface area (Å²) in [6, 6.07) is 4.88. The van der Waals surface area contributed by atoms with Crippen LogP contribution in [-0.4, -0.2) is 12.6 Å². The van der Waals surface area contributed by atoms with Crippen LogP contribution >= 0.6 is 31.9 Å². The van der Waals surface area contributed by atoms with Gasteiger partial charge in [0.15, 0.2) is 0 Å². The van der Waals surface area contributed by atoms with Crippen LogP contribution in [0.1, 0.15) is 38.7 Å². The standard InChI is InChI=1S/C15H21Br2NO/c1-3-19-15-13(16)7-11(8-14(15)17)9-18-10(2)12-5-4-6-12/h7-8,10,12,18H,3-6,9H2,1-2H3. The van der Waals surface area contributed by atoms with Gasteiger partial charge in [0, 0.05) is 12.6 Å². The van der Waals surface area contributed by atoms with Gasteiger partial charge in [-0.25, -0.2) is 0 Å². The molecule has 0 amide bonds. The number of hydrogen-bond donors (Lipinski definition) is 1. The van der Waals surface area contributed by atoms with E-state index in [0.717, 1.165) is 27.2 Å². The molecule has 2 rings (SSSR count). The van der Waals surface area contributed by atoms with Crippen molar-refractivity contribution >= 4 is 31.9 Å². The van der Waals surface area contributed by atoms with Crippen LogP contribution in [0.25, 0.3) is 0 Å². The monoisotopic (exact) mass is 389 g/mol. The van der Waals surface area contributed by atoms with Crippen LogP contribution in [0.15, 0.2) is 21.1 Å². The van der Waals surface area contributed by atoms with Crippen LogP contribution in [-0.2, 0) is 6.54 Å². The molecule has 1 atom stereocenters. The summed E-state index contributed by atoms with van der Waals surface area (Å²) < 4.78 is 7.62. The first-order chi connectivity index (χ1) is 9.11. The summed E-state index contributed by atoms with van der Waals surface area (Å²) in [5.74, 6) is 1.76. The van der Waals surface area contributed by atoms with Crippen molar-refractivity contribution in [2.75, 3.05) is 6.61 Å². The summed E-state index contributed by atoms with van der Waals surface area (Å²) in [6.45, 7) is 5.87. The molecule has 0 aromatic heterocycles. The summed E-state index contributed by atoms with van der Waals surface area (Å²) in [6.07, 6.45) is 4.16. The predicted molar refractivity (Wildman–Crippen MR) is 86.7 cm³/mol. The molecule has 1 unspecified atom stereocenters. The highest BCUT2D eigenvalue weighted by atomic mass is 79.9. The maximum Gasteiger partial charge on any atom is 0.147 e. The van der Waals surface area contributed by atoms with Crippen LogP contribution in [0.5, 0.6) is 5.75 Å². The van der Waals surface area contributed by atoms with Gasteiger partial charge in [0.1, 0.15) is 5.75 Å². The zero-order chi connectivity index (χ0) is 13.8. The summed E-state index contributed by atoms with van der Waals surface area (Å²) in [5, 5.41) is 3.62. The smallest absolute Gasteiger partial charge is 0.147 e. The largest absolute Gasteiger partial charge is 0.492 e. The number of ether oxygens (including phenoxy) is 1. The lowest BCUT2D eigenvalue weighted by Crippen LogP contribution is -2.36. The second kappa shape index (κ2) is 7.09. The topological polar surface area (TPSA) is 21.3 Å². The number of nitrogens with one attached hydrogen (secondary N) is 1. The Morgan fingerprint density at radius 1 is 1.32 bits per heavy atom. The molecule has 0 spiro atoms. The Bertz CT molecular complexity index is 409. The number of hydrogen-bond acceptors (Lipinski definition) is 2. The fourth-order valence-corrected chi connectivity index (χ4v) is 3.89. The van der Waals surface area contributed by atoms with E-state index < -0.39 is 0 Å². The maximum absolute atomic E-state index is 5.60. The zero-order valence-electron chi connectivity index (χ0n) is 11.5. The second-order valence-corrected chi connectivity index (χ2v) is 6.89. The lowest BCUT2D eigenvalue weighted by atomic mass is 9.80. The van der Waals surface area contributed by atoms with Crippen LogP contribution in [0, 0.1) is 5.92 Å². The number of rotatable bonds is 6. The molecule has 2 nitrogen and oxygen atoms in total. The lowest BCUT2D eigenvalue weighted by Gasteiger charge is -2.32. The van der Waals surface area contributed by atoms with Gasteiger partial charge in [-0.1, -0.05) is 6.42 Å². The summed E-state index contributed by atoms with van der Waals surface area (Å²) in [5.41, 5.74) is 1.27. The van der Waals surface area contributed by atoms with Crippen molar-refractivity contribution < 1.29 is 4.74 Å². The van der Waals surface area contributed by atoms with Gasteiger partial charge >= 0.3 is 0 Å². The Morgan fingerprint density at radius 3 is 2.42 bits per heavy atom.